The van der Waals surface area contributed by atoms with Crippen LogP contribution in [0.1, 0.15) is 23.5 Å². The topological polar surface area (TPSA) is 127 Å². The summed E-state index contributed by atoms with van der Waals surface area (Å²) in [4.78, 5) is 25.2. The van der Waals surface area contributed by atoms with E-state index >= 15 is 0 Å². The van der Waals surface area contributed by atoms with Crippen molar-refractivity contribution in [2.45, 2.75) is 19.3 Å². The number of carbonyl (C=O) groups is 1. The van der Waals surface area contributed by atoms with Crippen LogP contribution in [0.3, 0.4) is 0 Å². The van der Waals surface area contributed by atoms with Gasteiger partial charge in [0.05, 0.1) is 10.4 Å². The van der Waals surface area contributed by atoms with Gasteiger partial charge in [0.1, 0.15) is 10.1 Å². The number of nitrogens with zero attached hydrogens (tertiary/aromatic N) is 6. The number of thiocarbonyl (C=S) groups is 1. The number of para-hydroxylation sites is 1. The first-order valence-corrected chi connectivity index (χ1v) is 12.3. The number of amides is 1. The van der Waals surface area contributed by atoms with Crippen molar-refractivity contribution < 1.29 is 4.79 Å². The number of hydrogen-bond donors (Lipinski definition) is 2. The molecule has 0 atom stereocenters. The molecule has 1 aromatic carbocycles. The molecule has 0 radical (unpaired) electrons. The van der Waals surface area contributed by atoms with Gasteiger partial charge in [-0.1, -0.05) is 41.3 Å². The molecule has 3 N–H and O–H groups in total. The molecule has 1 aliphatic rings. The first-order valence-electron chi connectivity index (χ1n) is 10.2. The van der Waals surface area contributed by atoms with E-state index < -0.39 is 0 Å². The molecule has 166 valence electrons. The fourth-order valence-corrected chi connectivity index (χ4v) is 5.63. The summed E-state index contributed by atoms with van der Waals surface area (Å²) in [5.74, 6) is 1.62. The zero-order valence-electron chi connectivity index (χ0n) is 17.3. The summed E-state index contributed by atoms with van der Waals surface area (Å²) < 4.78 is 0.577. The lowest BCUT2D eigenvalue weighted by atomic mass is 10.2. The van der Waals surface area contributed by atoms with Crippen LogP contribution in [0.4, 0.5) is 5.82 Å². The van der Waals surface area contributed by atoms with Gasteiger partial charge >= 0.3 is 0 Å². The van der Waals surface area contributed by atoms with E-state index in [2.05, 4.69) is 30.6 Å². The van der Waals surface area contributed by atoms with E-state index in [4.69, 9.17) is 18.0 Å². The molecular weight excluding hydrogens is 476 g/mol. The van der Waals surface area contributed by atoms with Crippen molar-refractivity contribution in [3.8, 4) is 11.4 Å². The Kier molecular flexibility index (Phi) is 6.11. The lowest BCUT2D eigenvalue weighted by Gasteiger charge is -2.13. The predicted octanol–water partition coefficient (Wildman–Crippen LogP) is 3.68. The van der Waals surface area contributed by atoms with Gasteiger partial charge in [-0.05, 0) is 37.1 Å². The SMILES string of the molecule is Nc1nc(-c2csc(C=C3SC(=S)N(CCCCc4nn[nH]n4)C3=O)c2)nc2ccccc12. The monoisotopic (exact) mass is 494 g/mol. The molecule has 4 heterocycles. The van der Waals surface area contributed by atoms with E-state index in [1.54, 1.807) is 4.90 Å². The maximum absolute atomic E-state index is 12.9. The first-order chi connectivity index (χ1) is 16.1. The molecule has 3 aromatic heterocycles. The van der Waals surface area contributed by atoms with Crippen molar-refractivity contribution in [2.24, 2.45) is 0 Å². The maximum atomic E-state index is 12.9. The number of rotatable bonds is 7. The molecule has 0 spiro atoms. The minimum absolute atomic E-state index is 0.0642. The third-order valence-electron chi connectivity index (χ3n) is 5.08. The molecule has 33 heavy (non-hydrogen) atoms. The van der Waals surface area contributed by atoms with Gasteiger partial charge in [0, 0.05) is 34.2 Å². The van der Waals surface area contributed by atoms with Gasteiger partial charge in [-0.25, -0.2) is 9.97 Å². The number of hydrogen-bond acceptors (Lipinski definition) is 10. The number of nitrogens with one attached hydrogen (secondary N) is 1. The lowest BCUT2D eigenvalue weighted by Crippen LogP contribution is -2.29. The zero-order valence-corrected chi connectivity index (χ0v) is 19.7. The Hall–Kier alpha value is -3.22. The van der Waals surface area contributed by atoms with Crippen molar-refractivity contribution >= 4 is 68.3 Å². The van der Waals surface area contributed by atoms with Crippen LogP contribution in [0.15, 0.2) is 40.6 Å². The average molecular weight is 495 g/mol. The summed E-state index contributed by atoms with van der Waals surface area (Å²) in [6, 6.07) is 9.61. The smallest absolute Gasteiger partial charge is 0.266 e. The lowest BCUT2D eigenvalue weighted by molar-refractivity contribution is -0.122. The number of aromatic nitrogens is 6. The van der Waals surface area contributed by atoms with Crippen molar-refractivity contribution in [1.82, 2.24) is 35.5 Å². The van der Waals surface area contributed by atoms with Gasteiger partial charge < -0.3 is 5.73 Å². The number of aromatic amines is 1. The van der Waals surface area contributed by atoms with Gasteiger partial charge in [-0.3, -0.25) is 9.69 Å². The summed E-state index contributed by atoms with van der Waals surface area (Å²) in [6.45, 7) is 0.569. The summed E-state index contributed by atoms with van der Waals surface area (Å²) in [5, 5.41) is 16.7. The zero-order chi connectivity index (χ0) is 22.8. The second kappa shape index (κ2) is 9.33. The number of unbranched alkanes of at least 4 members (excludes halogenated alkanes) is 1. The number of carbonyl (C=O) groups excluding carboxylic acids is 1. The average Bonchev–Trinajstić information content (AvgIpc) is 3.55. The van der Waals surface area contributed by atoms with Gasteiger partial charge in [-0.15, -0.1) is 21.5 Å². The van der Waals surface area contributed by atoms with Crippen LogP contribution in [0.2, 0.25) is 0 Å². The number of thiophene rings is 1. The largest absolute Gasteiger partial charge is 0.383 e. The van der Waals surface area contributed by atoms with Crippen LogP contribution in [0.25, 0.3) is 28.4 Å². The van der Waals surface area contributed by atoms with Crippen LogP contribution in [-0.2, 0) is 11.2 Å². The summed E-state index contributed by atoms with van der Waals surface area (Å²) in [5.41, 5.74) is 7.78. The normalized spacial score (nSPS) is 15.3. The summed E-state index contributed by atoms with van der Waals surface area (Å²) in [6.07, 6.45) is 4.23. The standard InChI is InChI=1S/C21H18N8OS3/c22-18-14-5-1-2-6-15(14)23-19(24-18)12-9-13(32-11-12)10-16-20(30)29(21(31)33-16)8-4-3-7-17-25-27-28-26-17/h1-2,5-6,9-11H,3-4,7-8H2,(H2,22,23,24)(H,25,26,27,28). The molecule has 4 aromatic rings. The van der Waals surface area contributed by atoms with Crippen LogP contribution < -0.4 is 5.73 Å². The van der Waals surface area contributed by atoms with Gasteiger partial charge in [0.15, 0.2) is 11.6 Å². The minimum atomic E-state index is -0.0642. The fraction of sp³-hybridized carbons (Fsp3) is 0.190. The molecule has 0 bridgehead atoms. The summed E-state index contributed by atoms with van der Waals surface area (Å²) in [7, 11) is 0. The highest BCUT2D eigenvalue weighted by Gasteiger charge is 2.31. The first kappa shape index (κ1) is 21.6. The van der Waals surface area contributed by atoms with Crippen LogP contribution >= 0.6 is 35.3 Å². The van der Waals surface area contributed by atoms with E-state index in [1.807, 2.05) is 41.8 Å². The quantitative estimate of drug-likeness (QED) is 0.225. The Morgan fingerprint density at radius 3 is 2.94 bits per heavy atom. The van der Waals surface area contributed by atoms with Crippen molar-refractivity contribution in [2.75, 3.05) is 12.3 Å². The Balaban J connectivity index is 1.27. The van der Waals surface area contributed by atoms with E-state index in [-0.39, 0.29) is 5.91 Å². The Morgan fingerprint density at radius 2 is 2.09 bits per heavy atom. The number of anilines is 1. The molecular formula is C21H18N8OS3. The molecule has 1 fully saturated rings. The predicted molar refractivity (Wildman–Crippen MR) is 134 cm³/mol. The third kappa shape index (κ3) is 4.63. The minimum Gasteiger partial charge on any atom is -0.383 e. The molecule has 1 saturated heterocycles. The number of aryl methyl sites for hydroxylation is 1. The second-order valence-corrected chi connectivity index (χ2v) is 9.92. The molecule has 12 heteroatoms. The molecule has 1 amide bonds. The summed E-state index contributed by atoms with van der Waals surface area (Å²) >= 11 is 8.28. The Labute approximate surface area is 202 Å². The third-order valence-corrected chi connectivity index (χ3v) is 7.34. The van der Waals surface area contributed by atoms with Crippen molar-refractivity contribution in [1.29, 1.82) is 0 Å². The maximum Gasteiger partial charge on any atom is 0.266 e. The highest BCUT2D eigenvalue weighted by Crippen LogP contribution is 2.35. The van der Waals surface area contributed by atoms with Crippen LogP contribution in [-0.4, -0.2) is 52.3 Å². The molecule has 1 aliphatic heterocycles. The number of tetrazole rings is 1. The van der Waals surface area contributed by atoms with Crippen molar-refractivity contribution in [3.05, 3.63) is 51.3 Å². The number of nitrogens with two attached hydrogens (primary N) is 1. The van der Waals surface area contributed by atoms with Crippen LogP contribution in [0.5, 0.6) is 0 Å². The molecule has 5 rings (SSSR count). The Morgan fingerprint density at radius 1 is 1.21 bits per heavy atom. The van der Waals surface area contributed by atoms with Gasteiger partial charge in [-0.2, -0.15) is 5.21 Å². The van der Waals surface area contributed by atoms with Crippen molar-refractivity contribution in [3.63, 3.8) is 0 Å². The molecule has 0 saturated carbocycles. The van der Waals surface area contributed by atoms with E-state index in [0.29, 0.717) is 39.7 Å². The molecule has 9 nitrogen and oxygen atoms in total. The second-order valence-electron chi connectivity index (χ2n) is 7.31. The van der Waals surface area contributed by atoms with Gasteiger partial charge in [0.2, 0.25) is 0 Å². The van der Waals surface area contributed by atoms with Gasteiger partial charge in [0.25, 0.3) is 5.91 Å². The van der Waals surface area contributed by atoms with E-state index in [0.717, 1.165) is 34.2 Å². The Bertz CT molecular complexity index is 1370. The number of H-pyrrole nitrogens is 1. The number of fused-ring (bicyclic) bond motifs is 1. The highest BCUT2D eigenvalue weighted by atomic mass is 32.2. The van der Waals surface area contributed by atoms with E-state index in [1.165, 1.54) is 23.1 Å². The molecule has 0 unspecified atom stereocenters. The number of thioether (sulfide) groups is 1. The van der Waals surface area contributed by atoms with E-state index in [9.17, 15) is 4.79 Å². The molecule has 0 aliphatic carbocycles. The number of benzene rings is 1. The fourth-order valence-electron chi connectivity index (χ4n) is 3.44. The van der Waals surface area contributed by atoms with Crippen LogP contribution in [0, 0.1) is 0 Å². The highest BCUT2D eigenvalue weighted by molar-refractivity contribution is 8.26. The number of nitrogen functional groups attached to an aromatic ring is 1.